The Kier molecular flexibility index (Phi) is 5.39. The predicted molar refractivity (Wildman–Crippen MR) is 108 cm³/mol. The fourth-order valence-electron chi connectivity index (χ4n) is 4.63. The van der Waals surface area contributed by atoms with Gasteiger partial charge in [-0.2, -0.15) is 0 Å². The van der Waals surface area contributed by atoms with Crippen LogP contribution in [0.2, 0.25) is 0 Å². The molecule has 2 fully saturated rings. The lowest BCUT2D eigenvalue weighted by molar-refractivity contribution is -0.130. The molecule has 2 saturated heterocycles. The summed E-state index contributed by atoms with van der Waals surface area (Å²) >= 11 is 0. The second-order valence-corrected chi connectivity index (χ2v) is 8.21. The van der Waals surface area contributed by atoms with Crippen molar-refractivity contribution < 1.29 is 9.53 Å². The first-order valence-electron chi connectivity index (χ1n) is 10.3. The maximum Gasteiger partial charge on any atom is 0.219 e. The fourth-order valence-corrected chi connectivity index (χ4v) is 4.63. The lowest BCUT2D eigenvalue weighted by Crippen LogP contribution is -2.45. The quantitative estimate of drug-likeness (QED) is 0.830. The van der Waals surface area contributed by atoms with Gasteiger partial charge in [0.15, 0.2) is 0 Å². The summed E-state index contributed by atoms with van der Waals surface area (Å²) in [6.45, 7) is 6.86. The van der Waals surface area contributed by atoms with Crippen molar-refractivity contribution in [2.45, 2.75) is 38.7 Å². The maximum atomic E-state index is 11.6. The van der Waals surface area contributed by atoms with Gasteiger partial charge < -0.3 is 19.1 Å². The second kappa shape index (κ2) is 7.93. The number of carbonyl (C=O) groups excluding carboxylic acids is 1. The summed E-state index contributed by atoms with van der Waals surface area (Å²) in [5, 5.41) is 1.20. The van der Waals surface area contributed by atoms with Gasteiger partial charge >= 0.3 is 0 Å². The van der Waals surface area contributed by atoms with Crippen LogP contribution >= 0.6 is 0 Å². The lowest BCUT2D eigenvalue weighted by atomic mass is 9.96. The molecular weight excluding hydrogens is 338 g/mol. The van der Waals surface area contributed by atoms with Crippen molar-refractivity contribution in [3.05, 3.63) is 30.5 Å². The first-order valence-corrected chi connectivity index (χ1v) is 10.3. The standard InChI is InChI=1S/C22H31N3O2/c1-17(26)25-11-4-5-18(16-25)15-24-13-8-19(9-14-24)27-22-7-3-6-21-20(22)10-12-23(21)2/h3,6-7,10,12,18-19H,4-5,8-9,11,13-16H2,1-2H3. The topological polar surface area (TPSA) is 37.7 Å². The van der Waals surface area contributed by atoms with Crippen LogP contribution in [0.5, 0.6) is 5.75 Å². The molecule has 1 amide bonds. The van der Waals surface area contributed by atoms with Crippen molar-refractivity contribution >= 4 is 16.8 Å². The summed E-state index contributed by atoms with van der Waals surface area (Å²) in [6, 6.07) is 8.45. The van der Waals surface area contributed by atoms with Crippen LogP contribution in [-0.2, 0) is 11.8 Å². The molecule has 27 heavy (non-hydrogen) atoms. The molecule has 2 aliphatic rings. The molecular formula is C22H31N3O2. The van der Waals surface area contributed by atoms with E-state index in [0.717, 1.165) is 57.7 Å². The van der Waals surface area contributed by atoms with Crippen LogP contribution in [0.1, 0.15) is 32.6 Å². The third-order valence-corrected chi connectivity index (χ3v) is 6.20. The number of aryl methyl sites for hydroxylation is 1. The Morgan fingerprint density at radius 1 is 1.15 bits per heavy atom. The number of hydrogen-bond acceptors (Lipinski definition) is 3. The van der Waals surface area contributed by atoms with Crippen LogP contribution in [0.3, 0.4) is 0 Å². The molecule has 146 valence electrons. The van der Waals surface area contributed by atoms with E-state index < -0.39 is 0 Å². The average molecular weight is 370 g/mol. The third kappa shape index (κ3) is 4.13. The molecule has 4 rings (SSSR count). The van der Waals surface area contributed by atoms with E-state index in [4.69, 9.17) is 4.74 Å². The van der Waals surface area contributed by atoms with E-state index in [1.165, 1.54) is 17.3 Å². The highest BCUT2D eigenvalue weighted by Crippen LogP contribution is 2.29. The maximum absolute atomic E-state index is 11.6. The molecule has 2 aliphatic heterocycles. The molecule has 1 atom stereocenters. The van der Waals surface area contributed by atoms with Gasteiger partial charge in [-0.25, -0.2) is 0 Å². The largest absolute Gasteiger partial charge is 0.490 e. The van der Waals surface area contributed by atoms with E-state index in [9.17, 15) is 4.79 Å². The highest BCUT2D eigenvalue weighted by atomic mass is 16.5. The van der Waals surface area contributed by atoms with Gasteiger partial charge in [0.2, 0.25) is 5.91 Å². The van der Waals surface area contributed by atoms with Gasteiger partial charge in [-0.05, 0) is 49.8 Å². The normalized spacial score (nSPS) is 22.3. The van der Waals surface area contributed by atoms with Gasteiger partial charge in [0.05, 0.1) is 5.52 Å². The molecule has 1 unspecified atom stereocenters. The number of carbonyl (C=O) groups is 1. The van der Waals surface area contributed by atoms with Gasteiger partial charge in [-0.1, -0.05) is 6.07 Å². The summed E-state index contributed by atoms with van der Waals surface area (Å²) in [4.78, 5) is 16.2. The smallest absolute Gasteiger partial charge is 0.219 e. The van der Waals surface area contributed by atoms with Gasteiger partial charge in [0.25, 0.3) is 0 Å². The molecule has 2 aromatic rings. The van der Waals surface area contributed by atoms with E-state index in [1.807, 2.05) is 4.90 Å². The summed E-state index contributed by atoms with van der Waals surface area (Å²) in [5.74, 6) is 1.86. The Hall–Kier alpha value is -2.01. The molecule has 0 radical (unpaired) electrons. The molecule has 5 nitrogen and oxygen atoms in total. The summed E-state index contributed by atoms with van der Waals surface area (Å²) < 4.78 is 8.51. The third-order valence-electron chi connectivity index (χ3n) is 6.20. The number of amides is 1. The van der Waals surface area contributed by atoms with E-state index in [-0.39, 0.29) is 5.91 Å². The zero-order chi connectivity index (χ0) is 18.8. The summed E-state index contributed by atoms with van der Waals surface area (Å²) in [7, 11) is 2.07. The highest BCUT2D eigenvalue weighted by molar-refractivity contribution is 5.86. The van der Waals surface area contributed by atoms with Crippen LogP contribution < -0.4 is 4.74 Å². The number of nitrogens with zero attached hydrogens (tertiary/aromatic N) is 3. The van der Waals surface area contributed by atoms with Gasteiger partial charge in [-0.15, -0.1) is 0 Å². The number of rotatable bonds is 4. The van der Waals surface area contributed by atoms with Crippen LogP contribution in [0, 0.1) is 5.92 Å². The minimum atomic E-state index is 0.224. The zero-order valence-corrected chi connectivity index (χ0v) is 16.6. The van der Waals surface area contributed by atoms with Gasteiger partial charge in [0, 0.05) is 58.3 Å². The van der Waals surface area contributed by atoms with Gasteiger partial charge in [0.1, 0.15) is 11.9 Å². The molecule has 1 aromatic heterocycles. The molecule has 1 aromatic carbocycles. The minimum absolute atomic E-state index is 0.224. The van der Waals surface area contributed by atoms with E-state index in [2.05, 4.69) is 47.0 Å². The Morgan fingerprint density at radius 3 is 2.74 bits per heavy atom. The Bertz CT molecular complexity index is 792. The van der Waals surface area contributed by atoms with E-state index in [1.54, 1.807) is 6.92 Å². The van der Waals surface area contributed by atoms with Crippen LogP contribution in [0.4, 0.5) is 0 Å². The molecule has 0 saturated carbocycles. The number of aromatic nitrogens is 1. The number of hydrogen-bond donors (Lipinski definition) is 0. The number of likely N-dealkylation sites (tertiary alicyclic amines) is 2. The van der Waals surface area contributed by atoms with Crippen LogP contribution in [0.15, 0.2) is 30.5 Å². The Morgan fingerprint density at radius 2 is 1.96 bits per heavy atom. The van der Waals surface area contributed by atoms with Crippen molar-refractivity contribution in [3.8, 4) is 5.75 Å². The molecule has 0 aliphatic carbocycles. The van der Waals surface area contributed by atoms with Crippen molar-refractivity contribution in [2.75, 3.05) is 32.7 Å². The number of ether oxygens (including phenoxy) is 1. The Balaban J connectivity index is 1.29. The minimum Gasteiger partial charge on any atom is -0.490 e. The first-order chi connectivity index (χ1) is 13.1. The number of fused-ring (bicyclic) bond motifs is 1. The highest BCUT2D eigenvalue weighted by Gasteiger charge is 2.26. The molecule has 0 bridgehead atoms. The molecule has 3 heterocycles. The van der Waals surface area contributed by atoms with Crippen molar-refractivity contribution in [1.29, 1.82) is 0 Å². The lowest BCUT2D eigenvalue weighted by Gasteiger charge is -2.38. The van der Waals surface area contributed by atoms with E-state index in [0.29, 0.717) is 12.0 Å². The SMILES string of the molecule is CC(=O)N1CCCC(CN2CCC(Oc3cccc4c3ccn4C)CC2)C1. The Labute approximate surface area is 161 Å². The number of benzene rings is 1. The summed E-state index contributed by atoms with van der Waals surface area (Å²) in [5.41, 5.74) is 1.22. The van der Waals surface area contributed by atoms with E-state index >= 15 is 0 Å². The second-order valence-electron chi connectivity index (χ2n) is 8.21. The molecule has 0 spiro atoms. The fraction of sp³-hybridized carbons (Fsp3) is 0.591. The summed E-state index contributed by atoms with van der Waals surface area (Å²) in [6.07, 6.45) is 6.93. The van der Waals surface area contributed by atoms with Crippen molar-refractivity contribution in [2.24, 2.45) is 13.0 Å². The van der Waals surface area contributed by atoms with Crippen LogP contribution in [0.25, 0.3) is 10.9 Å². The van der Waals surface area contributed by atoms with Crippen molar-refractivity contribution in [1.82, 2.24) is 14.4 Å². The van der Waals surface area contributed by atoms with Gasteiger partial charge in [-0.3, -0.25) is 4.79 Å². The monoisotopic (exact) mass is 369 g/mol. The molecule has 5 heteroatoms. The zero-order valence-electron chi connectivity index (χ0n) is 16.6. The first kappa shape index (κ1) is 18.4. The van der Waals surface area contributed by atoms with Crippen LogP contribution in [-0.4, -0.2) is 59.1 Å². The average Bonchev–Trinajstić information content (AvgIpc) is 3.06. The molecule has 0 N–H and O–H groups in total. The number of piperidine rings is 2. The predicted octanol–water partition coefficient (Wildman–Crippen LogP) is 3.28. The van der Waals surface area contributed by atoms with Crippen molar-refractivity contribution in [3.63, 3.8) is 0 Å².